The number of primary amides is 1. The normalized spacial score (nSPS) is 19.0. The van der Waals surface area contributed by atoms with E-state index in [-0.39, 0.29) is 35.5 Å². The molecule has 0 aliphatic heterocycles. The Hall–Kier alpha value is -3.21. The van der Waals surface area contributed by atoms with Crippen LogP contribution in [0.1, 0.15) is 38.2 Å². The number of hydrogen-bond donors (Lipinski definition) is 2. The van der Waals surface area contributed by atoms with E-state index in [0.29, 0.717) is 11.5 Å². The van der Waals surface area contributed by atoms with Crippen molar-refractivity contribution in [1.29, 1.82) is 5.26 Å². The number of carbonyl (C=O) groups is 2. The first kappa shape index (κ1) is 22.1. The van der Waals surface area contributed by atoms with E-state index >= 15 is 0 Å². The number of carbonyl (C=O) groups excluding carboxylic acids is 2. The topological polar surface area (TPSA) is 124 Å². The third-order valence-electron chi connectivity index (χ3n) is 4.95. The van der Waals surface area contributed by atoms with Crippen LogP contribution in [-0.2, 0) is 9.59 Å². The summed E-state index contributed by atoms with van der Waals surface area (Å²) in [6.07, 6.45) is 5.68. The molecule has 0 heterocycles. The molecule has 2 amide bonds. The maximum absolute atomic E-state index is 12.6. The van der Waals surface area contributed by atoms with E-state index in [0.717, 1.165) is 25.7 Å². The summed E-state index contributed by atoms with van der Waals surface area (Å²) in [6, 6.07) is 5.21. The lowest BCUT2D eigenvalue weighted by atomic mass is 9.86. The zero-order valence-corrected chi connectivity index (χ0v) is 17.0. The van der Waals surface area contributed by atoms with Gasteiger partial charge in [-0.05, 0) is 42.5 Å². The van der Waals surface area contributed by atoms with Crippen LogP contribution in [0.3, 0.4) is 0 Å². The zero-order chi connectivity index (χ0) is 21.4. The number of hydrogen-bond acceptors (Lipinski definition) is 6. The maximum Gasteiger partial charge on any atom is 0.262 e. The van der Waals surface area contributed by atoms with E-state index in [1.807, 2.05) is 6.07 Å². The SMILES string of the molecule is COc1cc(/C=C(\C#N)C(=O)N[C@@H]2CCCC[C@@H]2C)cc(OC)c1OCC(N)=O. The van der Waals surface area contributed by atoms with Gasteiger partial charge < -0.3 is 25.3 Å². The lowest BCUT2D eigenvalue weighted by molar-refractivity contribution is -0.120. The smallest absolute Gasteiger partial charge is 0.262 e. The number of nitrogens with one attached hydrogen (secondary N) is 1. The third-order valence-corrected chi connectivity index (χ3v) is 4.95. The number of nitrogens with two attached hydrogens (primary N) is 1. The van der Waals surface area contributed by atoms with Crippen LogP contribution >= 0.6 is 0 Å². The average Bonchev–Trinajstić information content (AvgIpc) is 2.71. The molecule has 0 radical (unpaired) electrons. The fraction of sp³-hybridized carbons (Fsp3) is 0.476. The van der Waals surface area contributed by atoms with Crippen molar-refractivity contribution in [2.45, 2.75) is 38.6 Å². The Bertz CT molecular complexity index is 803. The molecular formula is C21H27N3O5. The Balaban J connectivity index is 2.28. The first-order valence-corrected chi connectivity index (χ1v) is 9.49. The summed E-state index contributed by atoms with van der Waals surface area (Å²) in [4.78, 5) is 23.6. The van der Waals surface area contributed by atoms with Crippen molar-refractivity contribution in [3.8, 4) is 23.3 Å². The lowest BCUT2D eigenvalue weighted by Gasteiger charge is -2.29. The van der Waals surface area contributed by atoms with Crippen molar-refractivity contribution in [3.63, 3.8) is 0 Å². The standard InChI is InChI=1S/C21H27N3O5/c1-13-6-4-5-7-16(13)24-21(26)15(11-22)8-14-9-17(27-2)20(18(10-14)28-3)29-12-19(23)25/h8-10,13,16H,4-7,12H2,1-3H3,(H2,23,25)(H,24,26)/b15-8+/t13-,16+/m0/s1. The van der Waals surface area contributed by atoms with Crippen molar-refractivity contribution in [2.75, 3.05) is 20.8 Å². The van der Waals surface area contributed by atoms with Crippen LogP contribution in [0.4, 0.5) is 0 Å². The molecule has 2 atom stereocenters. The fourth-order valence-electron chi connectivity index (χ4n) is 3.36. The van der Waals surface area contributed by atoms with E-state index in [2.05, 4.69) is 12.2 Å². The highest BCUT2D eigenvalue weighted by atomic mass is 16.5. The van der Waals surface area contributed by atoms with Gasteiger partial charge in [0.1, 0.15) is 11.6 Å². The van der Waals surface area contributed by atoms with Gasteiger partial charge in [0, 0.05) is 6.04 Å². The van der Waals surface area contributed by atoms with Crippen LogP contribution < -0.4 is 25.3 Å². The molecule has 156 valence electrons. The van der Waals surface area contributed by atoms with Crippen LogP contribution in [0.5, 0.6) is 17.2 Å². The van der Waals surface area contributed by atoms with Gasteiger partial charge in [0.15, 0.2) is 18.1 Å². The highest BCUT2D eigenvalue weighted by molar-refractivity contribution is 6.02. The predicted octanol–water partition coefficient (Wildman–Crippen LogP) is 2.17. The molecule has 0 spiro atoms. The minimum atomic E-state index is -0.640. The summed E-state index contributed by atoms with van der Waals surface area (Å²) in [6.45, 7) is 1.77. The van der Waals surface area contributed by atoms with Crippen molar-refractivity contribution in [2.24, 2.45) is 11.7 Å². The molecule has 1 aromatic rings. The second-order valence-electron chi connectivity index (χ2n) is 7.02. The highest BCUT2D eigenvalue weighted by Crippen LogP contribution is 2.39. The molecular weight excluding hydrogens is 374 g/mol. The van der Waals surface area contributed by atoms with Gasteiger partial charge in [-0.2, -0.15) is 5.26 Å². The fourth-order valence-corrected chi connectivity index (χ4v) is 3.36. The van der Waals surface area contributed by atoms with Crippen molar-refractivity contribution in [3.05, 3.63) is 23.3 Å². The molecule has 0 bridgehead atoms. The second-order valence-corrected chi connectivity index (χ2v) is 7.02. The van der Waals surface area contributed by atoms with Gasteiger partial charge in [0.25, 0.3) is 11.8 Å². The summed E-state index contributed by atoms with van der Waals surface area (Å²) in [5, 5.41) is 12.5. The molecule has 1 saturated carbocycles. The van der Waals surface area contributed by atoms with Crippen LogP contribution in [0, 0.1) is 17.2 Å². The quantitative estimate of drug-likeness (QED) is 0.508. The number of ether oxygens (including phenoxy) is 3. The molecule has 2 rings (SSSR count). The first-order chi connectivity index (χ1) is 13.9. The Kier molecular flexibility index (Phi) is 7.89. The number of nitrogens with zero attached hydrogens (tertiary/aromatic N) is 1. The number of rotatable bonds is 8. The molecule has 0 unspecified atom stereocenters. The first-order valence-electron chi connectivity index (χ1n) is 9.49. The summed E-state index contributed by atoms with van der Waals surface area (Å²) < 4.78 is 16.0. The van der Waals surface area contributed by atoms with Gasteiger partial charge in [-0.1, -0.05) is 19.8 Å². The van der Waals surface area contributed by atoms with Crippen molar-refractivity contribution in [1.82, 2.24) is 5.32 Å². The Morgan fingerprint density at radius 1 is 1.24 bits per heavy atom. The highest BCUT2D eigenvalue weighted by Gasteiger charge is 2.24. The van der Waals surface area contributed by atoms with Crippen LogP contribution in [0.15, 0.2) is 17.7 Å². The Labute approximate surface area is 170 Å². The van der Waals surface area contributed by atoms with E-state index < -0.39 is 11.8 Å². The molecule has 1 fully saturated rings. The number of amides is 2. The third kappa shape index (κ3) is 5.88. The molecule has 3 N–H and O–H groups in total. The van der Waals surface area contributed by atoms with Crippen LogP contribution in [-0.4, -0.2) is 38.7 Å². The van der Waals surface area contributed by atoms with Gasteiger partial charge in [0.2, 0.25) is 5.75 Å². The summed E-state index contributed by atoms with van der Waals surface area (Å²) in [7, 11) is 2.86. The average molecular weight is 401 g/mol. The van der Waals surface area contributed by atoms with Gasteiger partial charge in [-0.3, -0.25) is 9.59 Å². The van der Waals surface area contributed by atoms with Gasteiger partial charge in [-0.25, -0.2) is 0 Å². The largest absolute Gasteiger partial charge is 0.493 e. The molecule has 1 aliphatic carbocycles. The molecule has 0 saturated heterocycles. The van der Waals surface area contributed by atoms with Crippen LogP contribution in [0.25, 0.3) is 6.08 Å². The zero-order valence-electron chi connectivity index (χ0n) is 17.0. The summed E-state index contributed by atoms with van der Waals surface area (Å²) in [5.41, 5.74) is 5.63. The summed E-state index contributed by atoms with van der Waals surface area (Å²) >= 11 is 0. The van der Waals surface area contributed by atoms with E-state index in [1.54, 1.807) is 12.1 Å². The van der Waals surface area contributed by atoms with Gasteiger partial charge in [0.05, 0.1) is 14.2 Å². The van der Waals surface area contributed by atoms with Crippen molar-refractivity contribution >= 4 is 17.9 Å². The van der Waals surface area contributed by atoms with E-state index in [4.69, 9.17) is 19.9 Å². The predicted molar refractivity (Wildman–Crippen MR) is 107 cm³/mol. The summed E-state index contributed by atoms with van der Waals surface area (Å²) in [5.74, 6) is 0.127. The maximum atomic E-state index is 12.6. The second kappa shape index (κ2) is 10.4. The molecule has 29 heavy (non-hydrogen) atoms. The van der Waals surface area contributed by atoms with E-state index in [9.17, 15) is 14.9 Å². The Morgan fingerprint density at radius 2 is 1.86 bits per heavy atom. The number of benzene rings is 1. The monoisotopic (exact) mass is 401 g/mol. The molecule has 1 aromatic carbocycles. The molecule has 0 aromatic heterocycles. The molecule has 8 heteroatoms. The van der Waals surface area contributed by atoms with Crippen molar-refractivity contribution < 1.29 is 23.8 Å². The molecule has 8 nitrogen and oxygen atoms in total. The van der Waals surface area contributed by atoms with E-state index in [1.165, 1.54) is 20.3 Å². The minimum Gasteiger partial charge on any atom is -0.493 e. The number of nitriles is 1. The van der Waals surface area contributed by atoms with Gasteiger partial charge >= 0.3 is 0 Å². The number of methoxy groups -OCH3 is 2. The molecule has 1 aliphatic rings. The Morgan fingerprint density at radius 3 is 2.38 bits per heavy atom. The lowest BCUT2D eigenvalue weighted by Crippen LogP contribution is -2.41. The van der Waals surface area contributed by atoms with Crippen LogP contribution in [0.2, 0.25) is 0 Å². The van der Waals surface area contributed by atoms with Gasteiger partial charge in [-0.15, -0.1) is 0 Å². The minimum absolute atomic E-state index is 0.0160.